The number of nitro groups is 1. The minimum absolute atomic E-state index is 0.0853. The highest BCUT2D eigenvalue weighted by atomic mass is 32.2. The number of piperidine rings is 1. The van der Waals surface area contributed by atoms with Crippen molar-refractivity contribution in [1.29, 1.82) is 0 Å². The first kappa shape index (κ1) is 23.7. The van der Waals surface area contributed by atoms with Crippen molar-refractivity contribution in [3.63, 3.8) is 0 Å². The number of nitro benzene ring substituents is 1. The molecule has 0 saturated carbocycles. The van der Waals surface area contributed by atoms with Crippen molar-refractivity contribution >= 4 is 21.4 Å². The maximum Gasteiger partial charge on any atom is 0.387 e. The molecule has 3 rings (SSSR count). The minimum atomic E-state index is -3.82. The van der Waals surface area contributed by atoms with Crippen LogP contribution in [-0.2, 0) is 16.6 Å². The van der Waals surface area contributed by atoms with E-state index in [-0.39, 0.29) is 34.3 Å². The van der Waals surface area contributed by atoms with E-state index in [0.29, 0.717) is 18.7 Å². The SMILES string of the molecule is COc1cc(CNc2ccc(S(=O)(=O)N3CCCCC3)cc2[N+](=O)[O-])ccc1OC(F)F. The second-order valence-electron chi connectivity index (χ2n) is 7.12. The normalized spacial score (nSPS) is 14.9. The molecule has 0 aromatic heterocycles. The van der Waals surface area contributed by atoms with Crippen LogP contribution in [0.25, 0.3) is 0 Å². The number of hydrogen-bond donors (Lipinski definition) is 1. The summed E-state index contributed by atoms with van der Waals surface area (Å²) in [7, 11) is -2.51. The molecule has 1 fully saturated rings. The lowest BCUT2D eigenvalue weighted by atomic mass is 10.2. The highest BCUT2D eigenvalue weighted by Gasteiger charge is 2.28. The average molecular weight is 471 g/mol. The molecule has 0 aliphatic carbocycles. The zero-order chi connectivity index (χ0) is 23.3. The third-order valence-corrected chi connectivity index (χ3v) is 6.94. The fraction of sp³-hybridized carbons (Fsp3) is 0.400. The van der Waals surface area contributed by atoms with E-state index in [4.69, 9.17) is 4.74 Å². The Labute approximate surface area is 184 Å². The van der Waals surface area contributed by atoms with E-state index in [2.05, 4.69) is 10.1 Å². The largest absolute Gasteiger partial charge is 0.493 e. The van der Waals surface area contributed by atoms with Gasteiger partial charge in [0.05, 0.1) is 16.9 Å². The summed E-state index contributed by atoms with van der Waals surface area (Å²) < 4.78 is 61.4. The predicted octanol–water partition coefficient (Wildman–Crippen LogP) is 3.99. The van der Waals surface area contributed by atoms with Gasteiger partial charge in [0.2, 0.25) is 10.0 Å². The topological polar surface area (TPSA) is 111 Å². The predicted molar refractivity (Wildman–Crippen MR) is 113 cm³/mol. The summed E-state index contributed by atoms with van der Waals surface area (Å²) in [5.74, 6) is -0.0495. The van der Waals surface area contributed by atoms with Crippen LogP contribution >= 0.6 is 0 Å². The molecule has 1 N–H and O–H groups in total. The van der Waals surface area contributed by atoms with Gasteiger partial charge in [-0.15, -0.1) is 0 Å². The third-order valence-electron chi connectivity index (χ3n) is 5.05. The van der Waals surface area contributed by atoms with Gasteiger partial charge in [-0.25, -0.2) is 8.42 Å². The van der Waals surface area contributed by atoms with Gasteiger partial charge in [0.25, 0.3) is 5.69 Å². The number of anilines is 1. The maximum atomic E-state index is 12.8. The van der Waals surface area contributed by atoms with E-state index in [1.807, 2.05) is 0 Å². The van der Waals surface area contributed by atoms with Crippen LogP contribution in [-0.4, -0.2) is 44.5 Å². The van der Waals surface area contributed by atoms with Crippen LogP contribution in [0.4, 0.5) is 20.2 Å². The molecule has 0 spiro atoms. The number of sulfonamides is 1. The van der Waals surface area contributed by atoms with Gasteiger partial charge in [-0.1, -0.05) is 12.5 Å². The summed E-state index contributed by atoms with van der Waals surface area (Å²) >= 11 is 0. The summed E-state index contributed by atoms with van der Waals surface area (Å²) in [6.45, 7) is -2.12. The Kier molecular flexibility index (Phi) is 7.46. The number of methoxy groups -OCH3 is 1. The number of hydrogen-bond acceptors (Lipinski definition) is 7. The molecule has 12 heteroatoms. The van der Waals surface area contributed by atoms with Crippen LogP contribution in [0.2, 0.25) is 0 Å². The Hall–Kier alpha value is -2.99. The molecule has 1 heterocycles. The second-order valence-corrected chi connectivity index (χ2v) is 9.06. The Bertz CT molecular complexity index is 1070. The Balaban J connectivity index is 1.81. The van der Waals surface area contributed by atoms with Crippen molar-refractivity contribution in [3.05, 3.63) is 52.1 Å². The lowest BCUT2D eigenvalue weighted by molar-refractivity contribution is -0.384. The fourth-order valence-electron chi connectivity index (χ4n) is 3.44. The minimum Gasteiger partial charge on any atom is -0.493 e. The summed E-state index contributed by atoms with van der Waals surface area (Å²) in [5.41, 5.74) is 0.329. The smallest absolute Gasteiger partial charge is 0.387 e. The van der Waals surface area contributed by atoms with E-state index in [1.165, 1.54) is 41.7 Å². The first-order valence-electron chi connectivity index (χ1n) is 9.86. The number of nitrogens with one attached hydrogen (secondary N) is 1. The van der Waals surface area contributed by atoms with E-state index in [0.717, 1.165) is 25.3 Å². The van der Waals surface area contributed by atoms with Crippen molar-refractivity contribution in [3.8, 4) is 11.5 Å². The van der Waals surface area contributed by atoms with Crippen molar-refractivity contribution < 1.29 is 31.6 Å². The Morgan fingerprint density at radius 1 is 1.12 bits per heavy atom. The van der Waals surface area contributed by atoms with Gasteiger partial charge in [-0.2, -0.15) is 13.1 Å². The van der Waals surface area contributed by atoms with Gasteiger partial charge < -0.3 is 14.8 Å². The molecule has 2 aromatic carbocycles. The lowest BCUT2D eigenvalue weighted by Crippen LogP contribution is -2.35. The average Bonchev–Trinajstić information content (AvgIpc) is 2.78. The molecule has 2 aromatic rings. The quantitative estimate of drug-likeness (QED) is 0.435. The Morgan fingerprint density at radius 3 is 2.47 bits per heavy atom. The van der Waals surface area contributed by atoms with Crippen LogP contribution in [0.15, 0.2) is 41.3 Å². The molecule has 0 unspecified atom stereocenters. The van der Waals surface area contributed by atoms with Crippen LogP contribution < -0.4 is 14.8 Å². The number of benzene rings is 2. The number of rotatable bonds is 9. The summed E-state index contributed by atoms with van der Waals surface area (Å²) in [6, 6.07) is 8.01. The van der Waals surface area contributed by atoms with Crippen molar-refractivity contribution in [2.45, 2.75) is 37.3 Å². The van der Waals surface area contributed by atoms with E-state index in [9.17, 15) is 27.3 Å². The Morgan fingerprint density at radius 2 is 1.84 bits per heavy atom. The van der Waals surface area contributed by atoms with E-state index < -0.39 is 21.6 Å². The lowest BCUT2D eigenvalue weighted by Gasteiger charge is -2.25. The van der Waals surface area contributed by atoms with Crippen LogP contribution in [0.3, 0.4) is 0 Å². The zero-order valence-corrected chi connectivity index (χ0v) is 18.1. The first-order valence-corrected chi connectivity index (χ1v) is 11.3. The van der Waals surface area contributed by atoms with E-state index in [1.54, 1.807) is 0 Å². The second kappa shape index (κ2) is 10.1. The highest BCUT2D eigenvalue weighted by molar-refractivity contribution is 7.89. The highest BCUT2D eigenvalue weighted by Crippen LogP contribution is 2.32. The molecule has 9 nitrogen and oxygen atoms in total. The van der Waals surface area contributed by atoms with Gasteiger partial charge >= 0.3 is 6.61 Å². The molecule has 32 heavy (non-hydrogen) atoms. The molecule has 174 valence electrons. The fourth-order valence-corrected chi connectivity index (χ4v) is 4.98. The van der Waals surface area contributed by atoms with Gasteiger partial charge in [-0.3, -0.25) is 10.1 Å². The molecule has 0 atom stereocenters. The van der Waals surface area contributed by atoms with Gasteiger partial charge in [0, 0.05) is 25.7 Å². The molecule has 0 amide bonds. The first-order chi connectivity index (χ1) is 15.2. The maximum absolute atomic E-state index is 12.8. The monoisotopic (exact) mass is 471 g/mol. The third kappa shape index (κ3) is 5.43. The summed E-state index contributed by atoms with van der Waals surface area (Å²) in [5, 5.41) is 14.5. The van der Waals surface area contributed by atoms with E-state index >= 15 is 0 Å². The summed E-state index contributed by atoms with van der Waals surface area (Å²) in [4.78, 5) is 10.8. The molecular weight excluding hydrogens is 448 g/mol. The molecule has 1 aliphatic heterocycles. The molecule has 0 radical (unpaired) electrons. The zero-order valence-electron chi connectivity index (χ0n) is 17.3. The number of ether oxygens (including phenoxy) is 2. The molecular formula is C20H23F2N3O6S. The van der Waals surface area contributed by atoms with Gasteiger partial charge in [0.15, 0.2) is 11.5 Å². The number of halogens is 2. The molecule has 1 aliphatic rings. The van der Waals surface area contributed by atoms with Crippen molar-refractivity contribution in [1.82, 2.24) is 4.31 Å². The van der Waals surface area contributed by atoms with Gasteiger partial charge in [0.1, 0.15) is 5.69 Å². The number of nitrogens with zero attached hydrogens (tertiary/aromatic N) is 2. The van der Waals surface area contributed by atoms with Crippen molar-refractivity contribution in [2.24, 2.45) is 0 Å². The molecule has 0 bridgehead atoms. The molecule has 1 saturated heterocycles. The van der Waals surface area contributed by atoms with Crippen LogP contribution in [0, 0.1) is 10.1 Å². The van der Waals surface area contributed by atoms with Crippen LogP contribution in [0.1, 0.15) is 24.8 Å². The standard InChI is InChI=1S/C20H23F2N3O6S/c1-30-19-11-14(5-8-18(19)31-20(21)22)13-23-16-7-6-15(12-17(16)25(26)27)32(28,29)24-9-3-2-4-10-24/h5-8,11-12,20,23H,2-4,9-10,13H2,1H3. The van der Waals surface area contributed by atoms with Crippen molar-refractivity contribution in [2.75, 3.05) is 25.5 Å². The number of alkyl halides is 2. The summed E-state index contributed by atoms with van der Waals surface area (Å²) in [6.07, 6.45) is 2.46. The van der Waals surface area contributed by atoms with Crippen LogP contribution in [0.5, 0.6) is 11.5 Å². The van der Waals surface area contributed by atoms with Gasteiger partial charge in [-0.05, 0) is 42.7 Å².